The number of nitrogens with zero attached hydrogens (tertiary/aromatic N) is 2. The number of piperidine rings is 1. The molecule has 0 spiro atoms. The van der Waals surface area contributed by atoms with Crippen LogP contribution in [0.4, 0.5) is 8.78 Å². The number of nitrogens with one attached hydrogen (secondary N) is 1. The largest absolute Gasteiger partial charge is 0.315 e. The van der Waals surface area contributed by atoms with E-state index in [0.717, 1.165) is 25.5 Å². The van der Waals surface area contributed by atoms with Crippen LogP contribution in [-0.2, 0) is 0 Å². The summed E-state index contributed by atoms with van der Waals surface area (Å²) in [5, 5.41) is 3.16. The summed E-state index contributed by atoms with van der Waals surface area (Å²) in [4.78, 5) is 15.2. The first-order valence-electron chi connectivity index (χ1n) is 5.25. The summed E-state index contributed by atoms with van der Waals surface area (Å²) >= 11 is 0. The fraction of sp³-hybridized carbons (Fsp3) is 0.600. The fourth-order valence-corrected chi connectivity index (χ4v) is 1.89. The van der Waals surface area contributed by atoms with Gasteiger partial charge in [-0.3, -0.25) is 9.36 Å². The van der Waals surface area contributed by atoms with E-state index in [4.69, 9.17) is 0 Å². The van der Waals surface area contributed by atoms with E-state index in [1.54, 1.807) is 0 Å². The van der Waals surface area contributed by atoms with Gasteiger partial charge < -0.3 is 5.32 Å². The molecule has 1 atom stereocenters. The minimum atomic E-state index is -2.69. The maximum atomic E-state index is 12.3. The number of halogens is 2. The van der Waals surface area contributed by atoms with Crippen molar-refractivity contribution in [2.75, 3.05) is 13.1 Å². The van der Waals surface area contributed by atoms with Crippen LogP contribution >= 0.6 is 0 Å². The van der Waals surface area contributed by atoms with Crippen LogP contribution in [0, 0.1) is 0 Å². The maximum Gasteiger partial charge on any atom is 0.280 e. The number of alkyl halides is 2. The van der Waals surface area contributed by atoms with Gasteiger partial charge in [-0.2, -0.15) is 0 Å². The first-order chi connectivity index (χ1) is 7.68. The van der Waals surface area contributed by atoms with E-state index >= 15 is 0 Å². The van der Waals surface area contributed by atoms with Crippen LogP contribution < -0.4 is 10.9 Å². The average molecular weight is 229 g/mol. The Labute approximate surface area is 91.3 Å². The van der Waals surface area contributed by atoms with Crippen molar-refractivity contribution in [3.63, 3.8) is 0 Å². The normalized spacial score (nSPS) is 21.3. The van der Waals surface area contributed by atoms with Gasteiger partial charge in [0.25, 0.3) is 12.0 Å². The van der Waals surface area contributed by atoms with Gasteiger partial charge in [0.2, 0.25) is 0 Å². The van der Waals surface area contributed by atoms with Crippen LogP contribution in [0.2, 0.25) is 0 Å². The molecule has 1 N–H and O–H groups in total. The van der Waals surface area contributed by atoms with Gasteiger partial charge in [-0.05, 0) is 19.4 Å². The van der Waals surface area contributed by atoms with Crippen LogP contribution in [0.3, 0.4) is 0 Å². The molecule has 1 unspecified atom stereocenters. The van der Waals surface area contributed by atoms with Gasteiger partial charge >= 0.3 is 0 Å². The SMILES string of the molecule is O=c1cc(C(F)F)ncn1C1CCCNC1. The lowest BCUT2D eigenvalue weighted by Gasteiger charge is -2.24. The Morgan fingerprint density at radius 1 is 1.56 bits per heavy atom. The highest BCUT2D eigenvalue weighted by molar-refractivity contribution is 5.02. The van der Waals surface area contributed by atoms with Crippen LogP contribution in [0.1, 0.15) is 31.0 Å². The lowest BCUT2D eigenvalue weighted by atomic mass is 10.1. The molecule has 2 rings (SSSR count). The quantitative estimate of drug-likeness (QED) is 0.826. The molecule has 4 nitrogen and oxygen atoms in total. The van der Waals surface area contributed by atoms with Crippen molar-refractivity contribution < 1.29 is 8.78 Å². The second-order valence-electron chi connectivity index (χ2n) is 3.86. The van der Waals surface area contributed by atoms with E-state index in [1.165, 1.54) is 10.9 Å². The first kappa shape index (κ1) is 11.2. The highest BCUT2D eigenvalue weighted by atomic mass is 19.3. The monoisotopic (exact) mass is 229 g/mol. The summed E-state index contributed by atoms with van der Waals surface area (Å²) in [5.74, 6) is 0. The molecular formula is C10H13F2N3O. The highest BCUT2D eigenvalue weighted by Gasteiger charge is 2.17. The molecule has 0 radical (unpaired) electrons. The number of aromatic nitrogens is 2. The van der Waals surface area contributed by atoms with Gasteiger partial charge in [-0.25, -0.2) is 13.8 Å². The van der Waals surface area contributed by atoms with Crippen molar-refractivity contribution in [2.45, 2.75) is 25.3 Å². The zero-order valence-corrected chi connectivity index (χ0v) is 8.70. The Morgan fingerprint density at radius 2 is 2.38 bits per heavy atom. The number of rotatable bonds is 2. The zero-order chi connectivity index (χ0) is 11.5. The van der Waals surface area contributed by atoms with Crippen molar-refractivity contribution >= 4 is 0 Å². The summed E-state index contributed by atoms with van der Waals surface area (Å²) in [6.07, 6.45) is 0.393. The molecule has 1 aromatic heterocycles. The summed E-state index contributed by atoms with van der Waals surface area (Å²) in [6.45, 7) is 1.63. The molecule has 1 aromatic rings. The first-order valence-corrected chi connectivity index (χ1v) is 5.25. The smallest absolute Gasteiger partial charge is 0.280 e. The second-order valence-corrected chi connectivity index (χ2v) is 3.86. The summed E-state index contributed by atoms with van der Waals surface area (Å²) < 4.78 is 26.0. The highest BCUT2D eigenvalue weighted by Crippen LogP contribution is 2.16. The third kappa shape index (κ3) is 2.27. The predicted octanol–water partition coefficient (Wildman–Crippen LogP) is 1.11. The number of hydrogen-bond donors (Lipinski definition) is 1. The van der Waals surface area contributed by atoms with Crippen LogP contribution in [0.5, 0.6) is 0 Å². The Kier molecular flexibility index (Phi) is 3.28. The molecule has 1 aliphatic heterocycles. The van der Waals surface area contributed by atoms with Gasteiger partial charge in [0.05, 0.1) is 12.4 Å². The Bertz CT molecular complexity index is 413. The molecule has 0 aromatic carbocycles. The van der Waals surface area contributed by atoms with Crippen molar-refractivity contribution in [2.24, 2.45) is 0 Å². The lowest BCUT2D eigenvalue weighted by molar-refractivity contribution is 0.145. The fourth-order valence-electron chi connectivity index (χ4n) is 1.89. The Hall–Kier alpha value is -1.30. The minimum Gasteiger partial charge on any atom is -0.315 e. The molecule has 0 bridgehead atoms. The van der Waals surface area contributed by atoms with Crippen LogP contribution in [0.15, 0.2) is 17.2 Å². The van der Waals surface area contributed by atoms with Gasteiger partial charge in [0, 0.05) is 12.6 Å². The summed E-state index contributed by atoms with van der Waals surface area (Å²) in [6, 6.07) is 0.944. The molecule has 1 saturated heterocycles. The number of hydrogen-bond acceptors (Lipinski definition) is 3. The van der Waals surface area contributed by atoms with Crippen molar-refractivity contribution in [1.29, 1.82) is 0 Å². The van der Waals surface area contributed by atoms with Crippen LogP contribution in [-0.4, -0.2) is 22.6 Å². The molecule has 0 aliphatic carbocycles. The predicted molar refractivity (Wildman–Crippen MR) is 54.6 cm³/mol. The van der Waals surface area contributed by atoms with Crippen molar-refractivity contribution in [3.8, 4) is 0 Å². The Balaban J connectivity index is 2.25. The van der Waals surface area contributed by atoms with Crippen molar-refractivity contribution in [1.82, 2.24) is 14.9 Å². The third-order valence-corrected chi connectivity index (χ3v) is 2.74. The molecule has 2 heterocycles. The second kappa shape index (κ2) is 4.69. The van der Waals surface area contributed by atoms with E-state index in [-0.39, 0.29) is 6.04 Å². The summed E-state index contributed by atoms with van der Waals surface area (Å²) in [5.41, 5.74) is -0.857. The molecule has 16 heavy (non-hydrogen) atoms. The average Bonchev–Trinajstić information content (AvgIpc) is 2.30. The third-order valence-electron chi connectivity index (χ3n) is 2.74. The maximum absolute atomic E-state index is 12.3. The van der Waals surface area contributed by atoms with Crippen molar-refractivity contribution in [3.05, 3.63) is 28.4 Å². The van der Waals surface area contributed by atoms with E-state index in [1.807, 2.05) is 0 Å². The van der Waals surface area contributed by atoms with Gasteiger partial charge in [-0.15, -0.1) is 0 Å². The van der Waals surface area contributed by atoms with Gasteiger partial charge in [0.15, 0.2) is 0 Å². The molecule has 0 amide bonds. The topological polar surface area (TPSA) is 46.9 Å². The van der Waals surface area contributed by atoms with Crippen LogP contribution in [0.25, 0.3) is 0 Å². The molecular weight excluding hydrogens is 216 g/mol. The standard InChI is InChI=1S/C10H13F2N3O/c11-10(12)8-4-9(16)15(6-14-8)7-2-1-3-13-5-7/h4,6-7,10,13H,1-3,5H2. The molecule has 0 saturated carbocycles. The molecule has 6 heteroatoms. The summed E-state index contributed by atoms with van der Waals surface area (Å²) in [7, 11) is 0. The minimum absolute atomic E-state index is 0.0282. The molecule has 1 aliphatic rings. The van der Waals surface area contributed by atoms with Gasteiger partial charge in [0.1, 0.15) is 5.69 Å². The van der Waals surface area contributed by atoms with E-state index in [2.05, 4.69) is 10.3 Å². The molecule has 88 valence electrons. The van der Waals surface area contributed by atoms with E-state index in [0.29, 0.717) is 6.54 Å². The Morgan fingerprint density at radius 3 is 2.94 bits per heavy atom. The van der Waals surface area contributed by atoms with Gasteiger partial charge in [-0.1, -0.05) is 0 Å². The van der Waals surface area contributed by atoms with E-state index in [9.17, 15) is 13.6 Å². The van der Waals surface area contributed by atoms with E-state index < -0.39 is 17.7 Å². The zero-order valence-electron chi connectivity index (χ0n) is 8.70. The lowest BCUT2D eigenvalue weighted by Crippen LogP contribution is -2.36. The molecule has 1 fully saturated rings.